The minimum Gasteiger partial charge on any atom is -0.504 e. The number of sulfone groups is 1. The number of fused-ring (bicyclic) bond motifs is 1. The van der Waals surface area contributed by atoms with Gasteiger partial charge >= 0.3 is 0 Å². The van der Waals surface area contributed by atoms with Crippen molar-refractivity contribution in [1.29, 1.82) is 0 Å². The van der Waals surface area contributed by atoms with Crippen molar-refractivity contribution in [3.63, 3.8) is 0 Å². The summed E-state index contributed by atoms with van der Waals surface area (Å²) in [6.07, 6.45) is 5.03. The molecule has 5 nitrogen and oxygen atoms in total. The van der Waals surface area contributed by atoms with Gasteiger partial charge in [-0.15, -0.1) is 0 Å². The minimum atomic E-state index is -2.84. The zero-order chi connectivity index (χ0) is 12.8. The fraction of sp³-hybridized carbons (Fsp3) is 0.417. The summed E-state index contributed by atoms with van der Waals surface area (Å²) >= 11 is 0. The van der Waals surface area contributed by atoms with Crippen molar-refractivity contribution in [1.82, 2.24) is 9.38 Å². The number of hydrogen-bond acceptors (Lipinski definition) is 4. The largest absolute Gasteiger partial charge is 0.504 e. The van der Waals surface area contributed by atoms with E-state index in [1.165, 1.54) is 0 Å². The fourth-order valence-corrected chi connectivity index (χ4v) is 4.34. The van der Waals surface area contributed by atoms with E-state index < -0.39 is 9.84 Å². The number of aromatic nitrogens is 2. The van der Waals surface area contributed by atoms with E-state index in [1.54, 1.807) is 16.5 Å². The summed E-state index contributed by atoms with van der Waals surface area (Å²) in [5, 5.41) is 9.65. The van der Waals surface area contributed by atoms with Gasteiger partial charge in [-0.1, -0.05) is 0 Å². The second-order valence-corrected chi connectivity index (χ2v) is 7.06. The Labute approximate surface area is 105 Å². The van der Waals surface area contributed by atoms with Gasteiger partial charge in [0.25, 0.3) is 0 Å². The molecule has 2 aromatic heterocycles. The van der Waals surface area contributed by atoms with Crippen molar-refractivity contribution in [2.24, 2.45) is 5.92 Å². The second-order valence-electron chi connectivity index (χ2n) is 4.83. The number of rotatable bonds is 2. The highest BCUT2D eigenvalue weighted by atomic mass is 32.2. The van der Waals surface area contributed by atoms with Gasteiger partial charge in [0.15, 0.2) is 21.2 Å². The Kier molecular flexibility index (Phi) is 2.55. The summed E-state index contributed by atoms with van der Waals surface area (Å²) in [6.45, 7) is 0. The molecule has 1 unspecified atom stereocenters. The van der Waals surface area contributed by atoms with E-state index in [4.69, 9.17) is 0 Å². The van der Waals surface area contributed by atoms with E-state index in [-0.39, 0.29) is 23.2 Å². The van der Waals surface area contributed by atoms with Crippen LogP contribution in [0.4, 0.5) is 0 Å². The van der Waals surface area contributed by atoms with Gasteiger partial charge in [-0.2, -0.15) is 0 Å². The molecule has 1 N–H and O–H groups in total. The smallest absolute Gasteiger partial charge is 0.179 e. The van der Waals surface area contributed by atoms with Crippen molar-refractivity contribution in [2.75, 3.05) is 11.5 Å². The van der Waals surface area contributed by atoms with Gasteiger partial charge < -0.3 is 9.51 Å². The molecule has 0 amide bonds. The Morgan fingerprint density at radius 3 is 3.00 bits per heavy atom. The first-order valence-corrected chi connectivity index (χ1v) is 7.72. The molecule has 0 saturated carbocycles. The van der Waals surface area contributed by atoms with Crippen molar-refractivity contribution < 1.29 is 13.5 Å². The highest BCUT2D eigenvalue weighted by Crippen LogP contribution is 2.24. The lowest BCUT2D eigenvalue weighted by Crippen LogP contribution is -2.07. The highest BCUT2D eigenvalue weighted by molar-refractivity contribution is 7.91. The molecule has 0 spiro atoms. The predicted octanol–water partition coefficient (Wildman–Crippen LogP) is 1.02. The summed E-state index contributed by atoms with van der Waals surface area (Å²) in [4.78, 5) is 4.34. The summed E-state index contributed by atoms with van der Waals surface area (Å²) in [5.41, 5.74) is 1.35. The molecule has 0 bridgehead atoms. The van der Waals surface area contributed by atoms with E-state index in [0.29, 0.717) is 18.5 Å². The number of hydrogen-bond donors (Lipinski definition) is 1. The van der Waals surface area contributed by atoms with Gasteiger partial charge in [0.05, 0.1) is 17.2 Å². The summed E-state index contributed by atoms with van der Waals surface area (Å²) in [5.74, 6) is 0.841. The first-order chi connectivity index (χ1) is 8.53. The summed E-state index contributed by atoms with van der Waals surface area (Å²) in [6, 6.07) is 3.33. The van der Waals surface area contributed by atoms with Crippen LogP contribution in [0.2, 0.25) is 0 Å². The van der Waals surface area contributed by atoms with E-state index in [1.807, 2.05) is 12.4 Å². The Morgan fingerprint density at radius 2 is 2.33 bits per heavy atom. The molecule has 1 saturated heterocycles. The van der Waals surface area contributed by atoms with Gasteiger partial charge in [0.2, 0.25) is 0 Å². The molecule has 1 aliphatic heterocycles. The molecule has 3 heterocycles. The molecule has 96 valence electrons. The van der Waals surface area contributed by atoms with E-state index in [2.05, 4.69) is 4.98 Å². The third kappa shape index (κ3) is 2.08. The molecule has 3 rings (SSSR count). The van der Waals surface area contributed by atoms with Crippen molar-refractivity contribution >= 4 is 15.5 Å². The van der Waals surface area contributed by atoms with Crippen molar-refractivity contribution in [3.05, 3.63) is 30.2 Å². The van der Waals surface area contributed by atoms with Gasteiger partial charge in [-0.05, 0) is 30.9 Å². The van der Waals surface area contributed by atoms with Gasteiger partial charge in [-0.25, -0.2) is 13.4 Å². The topological polar surface area (TPSA) is 71.7 Å². The van der Waals surface area contributed by atoms with Gasteiger partial charge in [0, 0.05) is 12.4 Å². The molecule has 18 heavy (non-hydrogen) atoms. The normalized spacial score (nSPS) is 22.6. The van der Waals surface area contributed by atoms with Crippen LogP contribution in [0.15, 0.2) is 24.5 Å². The Hall–Kier alpha value is -1.56. The molecular formula is C12H14N2O3S. The van der Waals surface area contributed by atoms with Crippen LogP contribution in [0.5, 0.6) is 5.75 Å². The molecule has 1 atom stereocenters. The molecule has 0 aromatic carbocycles. The van der Waals surface area contributed by atoms with E-state index in [9.17, 15) is 13.5 Å². The maximum atomic E-state index is 11.4. The third-order valence-electron chi connectivity index (χ3n) is 3.34. The van der Waals surface area contributed by atoms with Gasteiger partial charge in [-0.3, -0.25) is 0 Å². The number of nitrogens with zero attached hydrogens (tertiary/aromatic N) is 2. The average molecular weight is 266 g/mol. The third-order valence-corrected chi connectivity index (χ3v) is 5.17. The first kappa shape index (κ1) is 11.5. The van der Waals surface area contributed by atoms with Gasteiger partial charge in [0.1, 0.15) is 0 Å². The fourth-order valence-electron chi connectivity index (χ4n) is 2.48. The quantitative estimate of drug-likeness (QED) is 0.880. The van der Waals surface area contributed by atoms with Crippen LogP contribution in [-0.2, 0) is 16.3 Å². The van der Waals surface area contributed by atoms with Crippen LogP contribution < -0.4 is 0 Å². The van der Waals surface area contributed by atoms with Crippen molar-refractivity contribution in [2.45, 2.75) is 12.8 Å². The molecule has 2 aromatic rings. The Balaban J connectivity index is 1.86. The Bertz CT molecular complexity index is 690. The second kappa shape index (κ2) is 3.98. The summed E-state index contributed by atoms with van der Waals surface area (Å²) in [7, 11) is -2.84. The van der Waals surface area contributed by atoms with E-state index in [0.717, 1.165) is 5.69 Å². The molecule has 1 aliphatic rings. The summed E-state index contributed by atoms with van der Waals surface area (Å²) < 4.78 is 24.5. The SMILES string of the molecule is O=S1(=O)CCC(Cc2cn3cccc(O)c3n2)C1. The molecule has 0 radical (unpaired) electrons. The standard InChI is InChI=1S/C12H14N2O3S/c15-11-2-1-4-14-7-10(13-12(11)14)6-9-3-5-18(16,17)8-9/h1-2,4,7,9,15H,3,5-6,8H2. The number of aromatic hydroxyl groups is 1. The van der Waals surface area contributed by atoms with Crippen LogP contribution in [0.3, 0.4) is 0 Å². The lowest BCUT2D eigenvalue weighted by atomic mass is 10.0. The zero-order valence-electron chi connectivity index (χ0n) is 9.78. The minimum absolute atomic E-state index is 0.141. The number of imidazole rings is 1. The van der Waals surface area contributed by atoms with Crippen LogP contribution in [0.1, 0.15) is 12.1 Å². The highest BCUT2D eigenvalue weighted by Gasteiger charge is 2.28. The molecule has 0 aliphatic carbocycles. The Morgan fingerprint density at radius 1 is 1.50 bits per heavy atom. The molecular weight excluding hydrogens is 252 g/mol. The number of pyridine rings is 1. The average Bonchev–Trinajstić information content (AvgIpc) is 2.83. The van der Waals surface area contributed by atoms with Crippen LogP contribution >= 0.6 is 0 Å². The van der Waals surface area contributed by atoms with E-state index >= 15 is 0 Å². The van der Waals surface area contributed by atoms with Crippen LogP contribution in [0, 0.1) is 5.92 Å². The lowest BCUT2D eigenvalue weighted by molar-refractivity contribution is 0.477. The van der Waals surface area contributed by atoms with Crippen molar-refractivity contribution in [3.8, 4) is 5.75 Å². The predicted molar refractivity (Wildman–Crippen MR) is 67.3 cm³/mol. The lowest BCUT2D eigenvalue weighted by Gasteiger charge is -2.03. The molecule has 1 fully saturated rings. The maximum Gasteiger partial charge on any atom is 0.179 e. The van der Waals surface area contributed by atoms with Crippen LogP contribution in [0.25, 0.3) is 5.65 Å². The zero-order valence-corrected chi connectivity index (χ0v) is 10.6. The monoisotopic (exact) mass is 266 g/mol. The maximum absolute atomic E-state index is 11.4. The first-order valence-electron chi connectivity index (χ1n) is 5.89. The molecule has 6 heteroatoms. The van der Waals surface area contributed by atoms with Crippen LogP contribution in [-0.4, -0.2) is 34.4 Å².